The van der Waals surface area contributed by atoms with Crippen LogP contribution in [0.1, 0.15) is 78.1 Å². The van der Waals surface area contributed by atoms with Gasteiger partial charge in [0, 0.05) is 54.7 Å². The molecule has 0 aliphatic rings. The van der Waals surface area contributed by atoms with E-state index in [1.807, 2.05) is 45.3 Å². The van der Waals surface area contributed by atoms with E-state index in [9.17, 15) is 0 Å². The molecule has 0 fully saturated rings. The first kappa shape index (κ1) is 40.0. The smallest absolute Gasteiger partial charge is 0.141 e. The molecule has 6 heterocycles. The number of rotatable bonds is 14. The minimum atomic E-state index is 1.02. The molecule has 0 spiro atoms. The van der Waals surface area contributed by atoms with Gasteiger partial charge in [-0.3, -0.25) is 0 Å². The predicted molar refractivity (Wildman–Crippen MR) is 265 cm³/mol. The predicted octanol–water partition coefficient (Wildman–Crippen LogP) is 17.7. The molecule has 4 nitrogen and oxygen atoms in total. The van der Waals surface area contributed by atoms with E-state index >= 15 is 0 Å². The lowest BCUT2D eigenvalue weighted by Crippen LogP contribution is -2.01. The fourth-order valence-electron chi connectivity index (χ4n) is 8.32. The number of aromatic nitrogens is 4. The van der Waals surface area contributed by atoms with Crippen molar-refractivity contribution in [3.63, 3.8) is 0 Å². The number of halogens is 2. The molecule has 6 aromatic heterocycles. The van der Waals surface area contributed by atoms with Crippen molar-refractivity contribution >= 4 is 140 Å². The molecule has 0 aliphatic carbocycles. The molecule has 0 aliphatic heterocycles. The molecule has 0 amide bonds. The highest BCUT2D eigenvalue weighted by Gasteiger charge is 2.22. The Hall–Kier alpha value is -3.38. The zero-order chi connectivity index (χ0) is 39.6. The second kappa shape index (κ2) is 18.1. The van der Waals surface area contributed by atoms with Crippen molar-refractivity contribution < 1.29 is 0 Å². The van der Waals surface area contributed by atoms with E-state index in [0.717, 1.165) is 44.7 Å². The van der Waals surface area contributed by atoms with Gasteiger partial charge in [-0.1, -0.05) is 121 Å². The van der Waals surface area contributed by atoms with E-state index < -0.39 is 0 Å². The molecule has 296 valence electrons. The van der Waals surface area contributed by atoms with Crippen LogP contribution in [-0.4, -0.2) is 19.1 Å². The number of fused-ring (bicyclic) bond motifs is 12. The molecule has 0 N–H and O–H groups in total. The summed E-state index contributed by atoms with van der Waals surface area (Å²) >= 11 is 14.4. The van der Waals surface area contributed by atoms with E-state index in [4.69, 9.17) is 9.97 Å². The van der Waals surface area contributed by atoms with Crippen molar-refractivity contribution in [2.24, 2.45) is 0 Å². The number of nitrogens with zero attached hydrogens (tertiary/aromatic N) is 4. The van der Waals surface area contributed by atoms with Gasteiger partial charge in [0.2, 0.25) is 0 Å². The molecule has 0 bridgehead atoms. The molecule has 10 aromatic rings. The van der Waals surface area contributed by atoms with Crippen LogP contribution in [0.25, 0.3) is 85.2 Å². The van der Waals surface area contributed by atoms with Crippen LogP contribution >= 0.6 is 77.2 Å². The Labute approximate surface area is 372 Å². The minimum absolute atomic E-state index is 1.02. The van der Waals surface area contributed by atoms with E-state index in [1.54, 1.807) is 0 Å². The lowest BCUT2D eigenvalue weighted by molar-refractivity contribution is 0.578. The molecule has 58 heavy (non-hydrogen) atoms. The lowest BCUT2D eigenvalue weighted by Gasteiger charge is -2.10. The maximum atomic E-state index is 5.22. The first-order chi connectivity index (χ1) is 28.6. The second-order valence-corrected chi connectivity index (χ2v) is 20.6. The Kier molecular flexibility index (Phi) is 12.5. The Balaban J connectivity index is 0.000000150. The summed E-state index contributed by atoms with van der Waals surface area (Å²) in [5.41, 5.74) is 7.34. The Bertz CT molecular complexity index is 2760. The van der Waals surface area contributed by atoms with Crippen molar-refractivity contribution in [1.82, 2.24) is 19.1 Å². The average Bonchev–Trinajstić information content (AvgIpc) is 4.09. The summed E-state index contributed by atoms with van der Waals surface area (Å²) in [5, 5.41) is 14.3. The third-order valence-corrected chi connectivity index (χ3v) is 16.0. The van der Waals surface area contributed by atoms with E-state index in [1.165, 1.54) is 127 Å². The number of thiophene rings is 4. The van der Waals surface area contributed by atoms with Crippen LogP contribution < -0.4 is 0 Å². The van der Waals surface area contributed by atoms with Crippen molar-refractivity contribution in [1.29, 1.82) is 0 Å². The van der Waals surface area contributed by atoms with Crippen LogP contribution in [0.4, 0.5) is 0 Å². The monoisotopic (exact) mass is 964 g/mol. The van der Waals surface area contributed by atoms with Crippen LogP contribution in [0.5, 0.6) is 0 Å². The molecular weight excluding hydrogens is 921 g/mol. The maximum Gasteiger partial charge on any atom is 0.141 e. The lowest BCUT2D eigenvalue weighted by atomic mass is 10.1. The van der Waals surface area contributed by atoms with Gasteiger partial charge in [-0.05, 0) is 82.9 Å². The standard InChI is InChI=1S/2C24H23BrN2S2/c2*1-2-3-4-5-6-13-27-21-20(26-24(27)16-7-9-17(25)10-8-16)22-18(11-14-28-22)19-12-15-29-23(19)21/h2*7-12,14-15H,2-6,13H2,1H3. The van der Waals surface area contributed by atoms with Gasteiger partial charge in [0.1, 0.15) is 22.7 Å². The molecule has 0 radical (unpaired) electrons. The summed E-state index contributed by atoms with van der Waals surface area (Å²) < 4.78 is 12.5. The number of imidazole rings is 2. The van der Waals surface area contributed by atoms with Crippen LogP contribution in [0, 0.1) is 0 Å². The summed E-state index contributed by atoms with van der Waals surface area (Å²) in [5.74, 6) is 2.19. The zero-order valence-electron chi connectivity index (χ0n) is 32.9. The average molecular weight is 967 g/mol. The van der Waals surface area contributed by atoms with Gasteiger partial charge in [0.15, 0.2) is 0 Å². The molecule has 0 atom stereocenters. The fourth-order valence-corrected chi connectivity index (χ4v) is 12.6. The van der Waals surface area contributed by atoms with Crippen LogP contribution in [0.3, 0.4) is 0 Å². The van der Waals surface area contributed by atoms with Crippen molar-refractivity contribution in [2.45, 2.75) is 91.1 Å². The molecule has 10 heteroatoms. The fraction of sp³-hybridized carbons (Fsp3) is 0.292. The van der Waals surface area contributed by atoms with Gasteiger partial charge in [-0.15, -0.1) is 45.3 Å². The number of hydrogen-bond donors (Lipinski definition) is 0. The highest BCUT2D eigenvalue weighted by Crippen LogP contribution is 2.44. The molecular formula is C48H46Br2N4S4. The van der Waals surface area contributed by atoms with Crippen LogP contribution in [0.15, 0.2) is 103 Å². The summed E-state index contributed by atoms with van der Waals surface area (Å²) in [6, 6.07) is 26.2. The number of unbranched alkanes of at least 4 members (excludes halogenated alkanes) is 8. The summed E-state index contributed by atoms with van der Waals surface area (Å²) in [7, 11) is 0. The van der Waals surface area contributed by atoms with Gasteiger partial charge >= 0.3 is 0 Å². The topological polar surface area (TPSA) is 35.6 Å². The first-order valence-corrected chi connectivity index (χ1v) is 25.7. The Morgan fingerprint density at radius 2 is 0.776 bits per heavy atom. The van der Waals surface area contributed by atoms with E-state index in [0.29, 0.717) is 0 Å². The molecule has 4 aromatic carbocycles. The van der Waals surface area contributed by atoms with E-state index in [-0.39, 0.29) is 0 Å². The highest BCUT2D eigenvalue weighted by atomic mass is 79.9. The summed E-state index contributed by atoms with van der Waals surface area (Å²) in [6.45, 7) is 6.59. The normalized spacial score (nSPS) is 11.9. The van der Waals surface area contributed by atoms with Gasteiger partial charge < -0.3 is 9.13 Å². The van der Waals surface area contributed by atoms with Crippen molar-refractivity contribution in [3.8, 4) is 22.8 Å². The van der Waals surface area contributed by atoms with Gasteiger partial charge in [0.25, 0.3) is 0 Å². The third-order valence-electron chi connectivity index (χ3n) is 11.2. The molecule has 0 unspecified atom stereocenters. The van der Waals surface area contributed by atoms with Crippen LogP contribution in [0.2, 0.25) is 0 Å². The van der Waals surface area contributed by atoms with Gasteiger partial charge in [0.05, 0.1) is 29.8 Å². The summed E-state index contributed by atoms with van der Waals surface area (Å²) in [4.78, 5) is 10.4. The maximum absolute atomic E-state index is 5.22. The van der Waals surface area contributed by atoms with Gasteiger partial charge in [-0.2, -0.15) is 0 Å². The Morgan fingerprint density at radius 3 is 1.16 bits per heavy atom. The number of aryl methyl sites for hydroxylation is 2. The SMILES string of the molecule is CCCCCCCn1c(-c2ccc(Br)cc2)nc2c3sccc3c3ccsc3c21.CCCCCCCn1c(-c2ccc(Br)cc2)nc2c3sccc3c3ccsc3c21. The molecule has 0 saturated heterocycles. The number of hydrogen-bond acceptors (Lipinski definition) is 6. The highest BCUT2D eigenvalue weighted by molar-refractivity contribution is 9.10. The Morgan fingerprint density at radius 1 is 0.431 bits per heavy atom. The van der Waals surface area contributed by atoms with Crippen molar-refractivity contribution in [3.05, 3.63) is 103 Å². The largest absolute Gasteiger partial charge is 0.323 e. The van der Waals surface area contributed by atoms with E-state index in [2.05, 4.69) is 149 Å². The van der Waals surface area contributed by atoms with Crippen LogP contribution in [-0.2, 0) is 13.1 Å². The minimum Gasteiger partial charge on any atom is -0.323 e. The molecule has 0 saturated carbocycles. The molecule has 10 rings (SSSR count). The van der Waals surface area contributed by atoms with Crippen molar-refractivity contribution in [2.75, 3.05) is 0 Å². The van der Waals surface area contributed by atoms with Gasteiger partial charge in [-0.25, -0.2) is 9.97 Å². The first-order valence-electron chi connectivity index (χ1n) is 20.6. The second-order valence-electron chi connectivity index (χ2n) is 15.1. The quantitative estimate of drug-likeness (QED) is 0.102. The third kappa shape index (κ3) is 7.74. The number of benzene rings is 4. The summed E-state index contributed by atoms with van der Waals surface area (Å²) in [6.07, 6.45) is 12.8. The zero-order valence-corrected chi connectivity index (χ0v) is 39.3.